The monoisotopic (exact) mass is 709 g/mol. The van der Waals surface area contributed by atoms with E-state index in [0.29, 0.717) is 0 Å². The lowest BCUT2D eigenvalue weighted by molar-refractivity contribution is 0.517. The third-order valence-electron chi connectivity index (χ3n) is 10.3. The van der Waals surface area contributed by atoms with Crippen molar-refractivity contribution >= 4 is 22.8 Å². The molecule has 0 bridgehead atoms. The third-order valence-corrected chi connectivity index (χ3v) is 10.3. The minimum Gasteiger partial charge on any atom is -0.250 e. The van der Waals surface area contributed by atoms with Crippen molar-refractivity contribution in [2.24, 2.45) is 9.98 Å². The van der Waals surface area contributed by atoms with Crippen molar-refractivity contribution in [2.45, 2.75) is 221 Å². The highest BCUT2D eigenvalue weighted by Gasteiger charge is 2.10. The van der Waals surface area contributed by atoms with Crippen molar-refractivity contribution in [3.8, 4) is 11.8 Å². The lowest BCUT2D eigenvalue weighted by atomic mass is 10.0. The van der Waals surface area contributed by atoms with Crippen LogP contribution in [0.15, 0.2) is 46.4 Å². The van der Waals surface area contributed by atoms with Crippen molar-refractivity contribution < 1.29 is 0 Å². The van der Waals surface area contributed by atoms with Gasteiger partial charge in [-0.1, -0.05) is 186 Å². The van der Waals surface area contributed by atoms with Crippen LogP contribution in [-0.4, -0.2) is 11.4 Å². The number of hydrogen-bond donors (Lipinski definition) is 0. The molecular formula is C50H80N2. The first-order valence-corrected chi connectivity index (χ1v) is 22.2. The molecule has 0 aromatic heterocycles. The van der Waals surface area contributed by atoms with Gasteiger partial charge in [0.2, 0.25) is 0 Å². The largest absolute Gasteiger partial charge is 0.250 e. The second kappa shape index (κ2) is 30.8. The van der Waals surface area contributed by atoms with Crippen molar-refractivity contribution in [3.05, 3.63) is 58.7 Å². The number of benzene rings is 2. The van der Waals surface area contributed by atoms with E-state index in [-0.39, 0.29) is 0 Å². The summed E-state index contributed by atoms with van der Waals surface area (Å²) in [7, 11) is 0. The maximum absolute atomic E-state index is 5.16. The Morgan fingerprint density at radius 3 is 1.10 bits per heavy atom. The summed E-state index contributed by atoms with van der Waals surface area (Å²) in [6.07, 6.45) is 38.1. The highest BCUT2D eigenvalue weighted by Crippen LogP contribution is 2.22. The molecule has 0 amide bonds. The quantitative estimate of drug-likeness (QED) is 0.0438. The van der Waals surface area contributed by atoms with Crippen molar-refractivity contribution in [2.75, 3.05) is 0 Å². The second-order valence-corrected chi connectivity index (χ2v) is 16.0. The van der Waals surface area contributed by atoms with E-state index in [9.17, 15) is 0 Å². The van der Waals surface area contributed by atoms with Gasteiger partial charge in [-0.15, -0.1) is 0 Å². The molecule has 2 rings (SSSR count). The molecule has 0 spiro atoms. The molecule has 0 aliphatic heterocycles. The van der Waals surface area contributed by atoms with Gasteiger partial charge in [0.1, 0.15) is 5.71 Å². The predicted molar refractivity (Wildman–Crippen MR) is 234 cm³/mol. The van der Waals surface area contributed by atoms with Crippen LogP contribution in [0.4, 0.5) is 11.4 Å². The van der Waals surface area contributed by atoms with E-state index in [2.05, 4.69) is 89.8 Å². The number of hydrogen-bond acceptors (Lipinski definition) is 2. The lowest BCUT2D eigenvalue weighted by Gasteiger charge is -2.08. The lowest BCUT2D eigenvalue weighted by Crippen LogP contribution is -2.12. The van der Waals surface area contributed by atoms with Crippen LogP contribution in [0.5, 0.6) is 0 Å². The molecule has 2 nitrogen and oxygen atoms in total. The summed E-state index contributed by atoms with van der Waals surface area (Å²) in [4.78, 5) is 10.3. The Kier molecular flexibility index (Phi) is 26.9. The van der Waals surface area contributed by atoms with Crippen molar-refractivity contribution in [3.63, 3.8) is 0 Å². The molecule has 0 saturated heterocycles. The van der Waals surface area contributed by atoms with E-state index in [1.807, 2.05) is 0 Å². The van der Waals surface area contributed by atoms with Gasteiger partial charge >= 0.3 is 0 Å². The summed E-state index contributed by atoms with van der Waals surface area (Å²) in [5.74, 6) is 7.01. The van der Waals surface area contributed by atoms with Crippen LogP contribution in [0, 0.1) is 39.5 Å². The van der Waals surface area contributed by atoms with Gasteiger partial charge in [0.15, 0.2) is 0 Å². The standard InChI is InChI=1S/C50H80N2/c1-7-9-11-12-13-14-15-16-17-18-19-20-21-22-23-24-25-26-27-28-29-30-31-32-33-34-36-50(52-48-41-45(5)38-46(6)42-48)49(35-10-8-2)51-47-39-43(3)37-44(4)40-47/h37-42H,7-33,35H2,1-6H3. The van der Waals surface area contributed by atoms with Crippen LogP contribution < -0.4 is 0 Å². The summed E-state index contributed by atoms with van der Waals surface area (Å²) in [6.45, 7) is 13.1. The Morgan fingerprint density at radius 1 is 0.404 bits per heavy atom. The number of aryl methyl sites for hydroxylation is 4. The Balaban J connectivity index is 1.62. The van der Waals surface area contributed by atoms with Gasteiger partial charge < -0.3 is 0 Å². The van der Waals surface area contributed by atoms with E-state index < -0.39 is 0 Å². The van der Waals surface area contributed by atoms with Gasteiger partial charge in [-0.25, -0.2) is 4.99 Å². The summed E-state index contributed by atoms with van der Waals surface area (Å²) in [6, 6.07) is 13.1. The van der Waals surface area contributed by atoms with E-state index in [1.165, 1.54) is 176 Å². The van der Waals surface area contributed by atoms with E-state index in [0.717, 1.165) is 48.5 Å². The van der Waals surface area contributed by atoms with Gasteiger partial charge in [-0.05, 0) is 99.4 Å². The highest BCUT2D eigenvalue weighted by atomic mass is 14.8. The van der Waals surface area contributed by atoms with Gasteiger partial charge in [-0.3, -0.25) is 4.99 Å². The fourth-order valence-corrected chi connectivity index (χ4v) is 7.37. The molecular weight excluding hydrogens is 629 g/mol. The average Bonchev–Trinajstić information content (AvgIpc) is 3.10. The minimum absolute atomic E-state index is 0.835. The Bertz CT molecular complexity index is 1280. The van der Waals surface area contributed by atoms with Crippen LogP contribution in [0.25, 0.3) is 0 Å². The normalized spacial score (nSPS) is 12.0. The first kappa shape index (κ1) is 45.5. The summed E-state index contributed by atoms with van der Waals surface area (Å²) in [5.41, 5.74) is 8.76. The molecule has 0 unspecified atom stereocenters. The fraction of sp³-hybridized carbons (Fsp3) is 0.680. The Labute approximate surface area is 323 Å². The second-order valence-electron chi connectivity index (χ2n) is 16.0. The minimum atomic E-state index is 0.835. The zero-order valence-electron chi connectivity index (χ0n) is 35.2. The Hall–Kier alpha value is -2.66. The fourth-order valence-electron chi connectivity index (χ4n) is 7.37. The number of unbranched alkanes of at least 4 members (excludes halogenated alkanes) is 25. The van der Waals surface area contributed by atoms with Crippen LogP contribution in [0.3, 0.4) is 0 Å². The molecule has 0 N–H and O–H groups in total. The molecule has 0 aliphatic rings. The molecule has 0 radical (unpaired) electrons. The first-order chi connectivity index (χ1) is 25.4. The molecule has 290 valence electrons. The highest BCUT2D eigenvalue weighted by molar-refractivity contribution is 6.49. The molecule has 2 aromatic carbocycles. The van der Waals surface area contributed by atoms with Gasteiger partial charge in [0, 0.05) is 6.42 Å². The summed E-state index contributed by atoms with van der Waals surface area (Å²) >= 11 is 0. The van der Waals surface area contributed by atoms with Crippen molar-refractivity contribution in [1.29, 1.82) is 0 Å². The van der Waals surface area contributed by atoms with Crippen molar-refractivity contribution in [1.82, 2.24) is 0 Å². The third kappa shape index (κ3) is 23.8. The molecule has 0 saturated carbocycles. The average molecular weight is 709 g/mol. The smallest absolute Gasteiger partial charge is 0.135 e. The van der Waals surface area contributed by atoms with Crippen LogP contribution in [-0.2, 0) is 0 Å². The van der Waals surface area contributed by atoms with E-state index >= 15 is 0 Å². The zero-order chi connectivity index (χ0) is 37.5. The molecule has 2 heteroatoms. The number of nitrogens with zero attached hydrogens (tertiary/aromatic N) is 2. The molecule has 0 fully saturated rings. The zero-order valence-corrected chi connectivity index (χ0v) is 35.2. The molecule has 52 heavy (non-hydrogen) atoms. The molecule has 0 heterocycles. The van der Waals surface area contributed by atoms with Crippen LogP contribution in [0.1, 0.15) is 216 Å². The molecule has 0 atom stereocenters. The van der Waals surface area contributed by atoms with Gasteiger partial charge in [0.05, 0.1) is 17.1 Å². The number of aliphatic imine (C=N–C) groups is 2. The van der Waals surface area contributed by atoms with E-state index in [1.54, 1.807) is 0 Å². The summed E-state index contributed by atoms with van der Waals surface area (Å²) < 4.78 is 0. The van der Waals surface area contributed by atoms with E-state index in [4.69, 9.17) is 9.98 Å². The Morgan fingerprint density at radius 2 is 0.731 bits per heavy atom. The topological polar surface area (TPSA) is 24.7 Å². The van der Waals surface area contributed by atoms with Crippen LogP contribution in [0.2, 0.25) is 0 Å². The van der Waals surface area contributed by atoms with Crippen LogP contribution >= 0.6 is 0 Å². The molecule has 0 aliphatic carbocycles. The molecule has 2 aromatic rings. The predicted octanol–water partition coefficient (Wildman–Crippen LogP) is 16.7. The van der Waals surface area contributed by atoms with Gasteiger partial charge in [0.25, 0.3) is 0 Å². The number of rotatable bonds is 30. The first-order valence-electron chi connectivity index (χ1n) is 22.2. The SMILES string of the molecule is CCCCCCCCCCCCCCCCCCCCCCCCCCC#CC(=Nc1cc(C)cc(C)c1)C(CCCC)=Nc1cc(C)cc(C)c1. The maximum Gasteiger partial charge on any atom is 0.135 e. The maximum atomic E-state index is 5.16. The summed E-state index contributed by atoms with van der Waals surface area (Å²) in [5, 5.41) is 0. The van der Waals surface area contributed by atoms with Gasteiger partial charge in [-0.2, -0.15) is 0 Å².